The molecule has 0 spiro atoms. The standard InChI is InChI=1S/C80H72N12O6/c1-47-73-48(2)84-63-35-17-18-36-64(63)86-50(4)74(49(3)85-62-34-16-15-33-61(62)83-47)72(94)46-82-70(42-56-27-13-10-14-28-56)80(98)92-60-32-24-30-58(44-60)78(96)76-53(7)89-67-39-21-19-37-65(67)87-51(5)75(52(6)88-66-38-20-22-40-68(66)90-54(76)8)77(95)57-29-23-31-59(43-57)91-79(97)69(81-45-71(73)93)41-55-25-11-9-12-26-55/h9-40,43-46,69-70,83,86-87,90H,41-42H2,1-8H3,(H,91,97)(H,92,98)/b73-47+,74-50?,75-51-,76-54+,81-45?,82-46?,84-48?,85-49?,88-52?,89-53?/t69-,70-/m0/s1. The molecule has 0 radical (unpaired) electrons. The predicted molar refractivity (Wildman–Crippen MR) is 396 cm³/mol. The van der Waals surface area contributed by atoms with Crippen molar-refractivity contribution in [2.75, 3.05) is 31.9 Å². The first-order valence-corrected chi connectivity index (χ1v) is 32.0. The smallest absolute Gasteiger partial charge is 0.249 e. The van der Waals surface area contributed by atoms with Gasteiger partial charge < -0.3 is 31.9 Å². The molecule has 18 heteroatoms. The summed E-state index contributed by atoms with van der Waals surface area (Å²) in [4.78, 5) is 120. The second kappa shape index (κ2) is 30.3. The third-order valence-corrected chi connectivity index (χ3v) is 16.6. The first kappa shape index (κ1) is 67.0. The highest BCUT2D eigenvalue weighted by Crippen LogP contribution is 2.35. The van der Waals surface area contributed by atoms with E-state index in [0.717, 1.165) is 23.6 Å². The average molecular weight is 1300 g/mol. The topological polar surface area (TPSA) is 249 Å². The number of amides is 2. The van der Waals surface area contributed by atoms with Crippen LogP contribution in [0.2, 0.25) is 0 Å². The Hall–Kier alpha value is -12.4. The SMILES string of the molecule is CC1=Nc2ccccc2N/C(C)=C2/C(=O)C=N[C@@H](Cc3ccccc3)C(=O)Nc3cccc(c3)C(=O)/C3=C(/C)Nc4ccccc4N=C(C)/C(=C(/C)Nc4ccccc4N=C3C)C(=O)c3cccc(c3)NC(=O)[C@H](Cc3ccccc3)N=CC(=O)C1=C(C)Nc1ccccc1N=C2C. The largest absolute Gasteiger partial charge is 0.357 e. The van der Waals surface area contributed by atoms with Crippen LogP contribution in [0, 0.1) is 0 Å². The van der Waals surface area contributed by atoms with Gasteiger partial charge in [-0.2, -0.15) is 0 Å². The number of nitrogens with one attached hydrogen (secondary N) is 6. The Bertz CT molecular complexity index is 4550. The Balaban J connectivity index is 1.09. The van der Waals surface area contributed by atoms with Crippen LogP contribution in [-0.2, 0) is 32.0 Å². The van der Waals surface area contributed by atoms with Crippen molar-refractivity contribution in [1.29, 1.82) is 0 Å². The van der Waals surface area contributed by atoms with Crippen LogP contribution in [0.15, 0.2) is 281 Å². The maximum absolute atomic E-state index is 15.4. The van der Waals surface area contributed by atoms with Crippen LogP contribution in [0.25, 0.3) is 0 Å². The number of ketones is 4. The fourth-order valence-corrected chi connectivity index (χ4v) is 12.0. The van der Waals surface area contributed by atoms with E-state index in [2.05, 4.69) is 31.9 Å². The number of allylic oxidation sites excluding steroid dienone is 8. The fourth-order valence-electron chi connectivity index (χ4n) is 12.0. The van der Waals surface area contributed by atoms with E-state index in [0.29, 0.717) is 103 Å². The van der Waals surface area contributed by atoms with E-state index < -0.39 is 47.0 Å². The number of fused-ring (bicyclic) bond motifs is 11. The van der Waals surface area contributed by atoms with E-state index in [1.54, 1.807) is 152 Å². The fraction of sp³-hybridized carbons (Fsp3) is 0.150. The molecule has 12 rings (SSSR count). The summed E-state index contributed by atoms with van der Waals surface area (Å²) in [6.45, 7) is 13.9. The highest BCUT2D eigenvalue weighted by atomic mass is 16.2. The summed E-state index contributed by atoms with van der Waals surface area (Å²) in [7, 11) is 0. The zero-order chi connectivity index (χ0) is 69.0. The van der Waals surface area contributed by atoms with Gasteiger partial charge >= 0.3 is 0 Å². The molecule has 0 saturated carbocycles. The van der Waals surface area contributed by atoms with Crippen LogP contribution >= 0.6 is 0 Å². The quantitative estimate of drug-likeness (QED) is 0.0972. The lowest BCUT2D eigenvalue weighted by Gasteiger charge is -2.19. The number of para-hydroxylation sites is 8. The maximum atomic E-state index is 15.4. The highest BCUT2D eigenvalue weighted by Gasteiger charge is 2.28. The van der Waals surface area contributed by atoms with Crippen molar-refractivity contribution in [2.24, 2.45) is 30.0 Å². The van der Waals surface area contributed by atoms with Gasteiger partial charge in [-0.25, -0.2) is 0 Å². The second-order valence-electron chi connectivity index (χ2n) is 23.9. The minimum absolute atomic E-state index is 0.102. The lowest BCUT2D eigenvalue weighted by atomic mass is 9.96. The monoisotopic (exact) mass is 1300 g/mol. The number of nitrogens with zero attached hydrogens (tertiary/aromatic N) is 6. The van der Waals surface area contributed by atoms with Gasteiger partial charge in [0.25, 0.3) is 0 Å². The molecule has 6 N–H and O–H groups in total. The van der Waals surface area contributed by atoms with Crippen LogP contribution in [0.1, 0.15) is 87.2 Å². The molecule has 98 heavy (non-hydrogen) atoms. The molecule has 488 valence electrons. The third-order valence-electron chi connectivity index (χ3n) is 16.6. The maximum Gasteiger partial charge on any atom is 0.249 e. The van der Waals surface area contributed by atoms with Crippen molar-refractivity contribution < 1.29 is 28.8 Å². The molecular weight excluding hydrogens is 1220 g/mol. The van der Waals surface area contributed by atoms with Crippen molar-refractivity contribution in [3.8, 4) is 0 Å². The van der Waals surface area contributed by atoms with Crippen LogP contribution < -0.4 is 31.9 Å². The number of aliphatic imine (C=N–C) groups is 6. The molecule has 0 saturated heterocycles. The van der Waals surface area contributed by atoms with E-state index >= 15 is 19.2 Å². The summed E-state index contributed by atoms with van der Waals surface area (Å²) >= 11 is 0. The third kappa shape index (κ3) is 15.9. The molecular formula is C80H72N12O6. The first-order chi connectivity index (χ1) is 47.3. The average Bonchev–Trinajstić information content (AvgIpc) is 0.830. The zero-order valence-corrected chi connectivity index (χ0v) is 55.5. The number of rotatable bonds is 4. The molecule has 2 atom stereocenters. The second-order valence-corrected chi connectivity index (χ2v) is 23.9. The van der Waals surface area contributed by atoms with Crippen molar-refractivity contribution in [3.05, 3.63) is 274 Å². The van der Waals surface area contributed by atoms with Gasteiger partial charge in [0.15, 0.2) is 11.6 Å². The summed E-state index contributed by atoms with van der Waals surface area (Å²) < 4.78 is 0. The molecule has 8 aromatic carbocycles. The van der Waals surface area contributed by atoms with Gasteiger partial charge in [-0.3, -0.25) is 58.7 Å². The number of anilines is 6. The van der Waals surface area contributed by atoms with Crippen molar-refractivity contribution >= 4 is 127 Å². The first-order valence-electron chi connectivity index (χ1n) is 32.0. The van der Waals surface area contributed by atoms with E-state index in [9.17, 15) is 9.59 Å². The summed E-state index contributed by atoms with van der Waals surface area (Å²) in [6.07, 6.45) is 2.50. The number of hydrogen-bond donors (Lipinski definition) is 6. The molecule has 2 amide bonds. The molecule has 0 fully saturated rings. The zero-order valence-electron chi connectivity index (χ0n) is 55.5. The Morgan fingerprint density at radius 2 is 0.592 bits per heavy atom. The van der Waals surface area contributed by atoms with E-state index in [4.69, 9.17) is 30.0 Å². The molecule has 0 aliphatic carbocycles. The lowest BCUT2D eigenvalue weighted by molar-refractivity contribution is -0.118. The van der Waals surface area contributed by atoms with E-state index in [1.807, 2.05) is 109 Å². The Morgan fingerprint density at radius 3 is 0.918 bits per heavy atom. The summed E-state index contributed by atoms with van der Waals surface area (Å²) in [5.74, 6) is -3.05. The Kier molecular flexibility index (Phi) is 20.7. The summed E-state index contributed by atoms with van der Waals surface area (Å²) in [5, 5.41) is 19.8. The van der Waals surface area contributed by atoms with E-state index in [-0.39, 0.29) is 46.3 Å². The minimum Gasteiger partial charge on any atom is -0.357 e. The highest BCUT2D eigenvalue weighted by molar-refractivity contribution is 6.45. The molecule has 8 aromatic rings. The molecule has 0 aromatic heterocycles. The number of Topliss-reactive ketones (excluding diaryl/α,β-unsaturated/α-hetero) is 4. The van der Waals surface area contributed by atoms with Gasteiger partial charge in [-0.1, -0.05) is 133 Å². The van der Waals surface area contributed by atoms with Gasteiger partial charge in [0, 0.05) is 58.1 Å². The number of carbonyl (C=O) groups is 6. The number of carbonyl (C=O) groups excluding carboxylic acids is 6. The summed E-state index contributed by atoms with van der Waals surface area (Å²) in [5.41, 5.74) is 9.99. The number of hydrogen-bond acceptors (Lipinski definition) is 16. The molecule has 0 unspecified atom stereocenters. The lowest BCUT2D eigenvalue weighted by Crippen LogP contribution is -2.29. The van der Waals surface area contributed by atoms with Gasteiger partial charge in [-0.15, -0.1) is 0 Å². The minimum atomic E-state index is -1.16. The van der Waals surface area contributed by atoms with Gasteiger partial charge in [0.1, 0.15) is 12.1 Å². The van der Waals surface area contributed by atoms with Crippen LogP contribution in [0.4, 0.5) is 56.9 Å². The van der Waals surface area contributed by atoms with Crippen molar-refractivity contribution in [2.45, 2.75) is 80.3 Å². The molecule has 18 nitrogen and oxygen atoms in total. The molecule has 8 bridgehead atoms. The summed E-state index contributed by atoms with van der Waals surface area (Å²) in [6, 6.07) is 58.4. The molecule has 4 aliphatic heterocycles. The van der Waals surface area contributed by atoms with Gasteiger partial charge in [0.05, 0.1) is 103 Å². The van der Waals surface area contributed by atoms with Gasteiger partial charge in [0.2, 0.25) is 23.4 Å². The Labute approximate surface area is 568 Å². The van der Waals surface area contributed by atoms with Crippen LogP contribution in [-0.4, -0.2) is 82.3 Å². The Morgan fingerprint density at radius 1 is 0.306 bits per heavy atom. The molecule has 4 heterocycles. The predicted octanol–water partition coefficient (Wildman–Crippen LogP) is 16.1. The van der Waals surface area contributed by atoms with Crippen LogP contribution in [0.3, 0.4) is 0 Å². The van der Waals surface area contributed by atoms with Crippen LogP contribution in [0.5, 0.6) is 0 Å². The van der Waals surface area contributed by atoms with Gasteiger partial charge in [-0.05, 0) is 139 Å². The van der Waals surface area contributed by atoms with Crippen molar-refractivity contribution in [1.82, 2.24) is 0 Å². The molecule has 4 aliphatic rings. The number of benzene rings is 8. The van der Waals surface area contributed by atoms with E-state index in [1.165, 1.54) is 0 Å². The van der Waals surface area contributed by atoms with Crippen molar-refractivity contribution in [3.63, 3.8) is 0 Å². The normalized spacial score (nSPS) is 19.3.